The summed E-state index contributed by atoms with van der Waals surface area (Å²) in [6.45, 7) is 0.0135. The van der Waals surface area contributed by atoms with Crippen LogP contribution in [0.1, 0.15) is 6.42 Å². The molecule has 2 N–H and O–H groups in total. The van der Waals surface area contributed by atoms with Gasteiger partial charge in [-0.1, -0.05) is 0 Å². The summed E-state index contributed by atoms with van der Waals surface area (Å²) in [6, 6.07) is -0.738. The highest BCUT2D eigenvalue weighted by molar-refractivity contribution is 5.85. The first kappa shape index (κ1) is 10.8. The molecule has 6 nitrogen and oxygen atoms in total. The Balaban J connectivity index is 2.76. The maximum atomic E-state index is 11.5. The van der Waals surface area contributed by atoms with Crippen molar-refractivity contribution in [2.24, 2.45) is 0 Å². The fourth-order valence-corrected chi connectivity index (χ4v) is 1.56. The van der Waals surface area contributed by atoms with E-state index in [1.165, 1.54) is 4.90 Å². The second kappa shape index (κ2) is 3.83. The summed E-state index contributed by atoms with van der Waals surface area (Å²) < 4.78 is 0. The van der Waals surface area contributed by atoms with Crippen LogP contribution in [0.2, 0.25) is 0 Å². The van der Waals surface area contributed by atoms with Gasteiger partial charge in [0, 0.05) is 20.5 Å². The number of carbonyl (C=O) groups is 2. The molecule has 1 saturated heterocycles. The fourth-order valence-electron chi connectivity index (χ4n) is 1.56. The Bertz CT molecular complexity index is 254. The summed E-state index contributed by atoms with van der Waals surface area (Å²) in [6.07, 6.45) is -1.72. The number of hydrogen-bond donors (Lipinski definition) is 2. The number of likely N-dealkylation sites (tertiary alicyclic amines) is 1. The van der Waals surface area contributed by atoms with Crippen LogP contribution in [0, 0.1) is 0 Å². The van der Waals surface area contributed by atoms with Crippen molar-refractivity contribution in [2.75, 3.05) is 20.6 Å². The van der Waals surface area contributed by atoms with E-state index in [4.69, 9.17) is 5.11 Å². The minimum absolute atomic E-state index is 0.0135. The van der Waals surface area contributed by atoms with E-state index in [0.717, 1.165) is 4.90 Å². The molecule has 0 aromatic heterocycles. The molecule has 80 valence electrons. The Morgan fingerprint density at radius 1 is 1.43 bits per heavy atom. The Kier molecular flexibility index (Phi) is 2.95. The summed E-state index contributed by atoms with van der Waals surface area (Å²) in [4.78, 5) is 24.6. The topological polar surface area (TPSA) is 81.1 Å². The van der Waals surface area contributed by atoms with Gasteiger partial charge in [0.25, 0.3) is 0 Å². The van der Waals surface area contributed by atoms with Crippen LogP contribution in [-0.2, 0) is 4.79 Å². The largest absolute Gasteiger partial charge is 0.465 e. The highest BCUT2D eigenvalue weighted by atomic mass is 16.4. The van der Waals surface area contributed by atoms with Gasteiger partial charge in [0.15, 0.2) is 0 Å². The number of nitrogens with zero attached hydrogens (tertiary/aromatic N) is 2. The fraction of sp³-hybridized carbons (Fsp3) is 0.750. The molecular formula is C8H14N2O4. The molecule has 2 atom stereocenters. The molecule has 1 aliphatic rings. The number of β-amino-alcohol motifs (C(OH)–C–C–N with tert-alkyl or cyclic N) is 1. The lowest BCUT2D eigenvalue weighted by Gasteiger charge is -2.23. The predicted octanol–water partition coefficient (Wildman–Crippen LogP) is -0.812. The van der Waals surface area contributed by atoms with E-state index < -0.39 is 18.2 Å². The second-order valence-electron chi connectivity index (χ2n) is 3.57. The molecule has 0 aromatic rings. The highest BCUT2D eigenvalue weighted by Crippen LogP contribution is 2.19. The summed E-state index contributed by atoms with van der Waals surface area (Å²) >= 11 is 0. The molecule has 1 unspecified atom stereocenters. The van der Waals surface area contributed by atoms with E-state index in [1.807, 2.05) is 0 Å². The van der Waals surface area contributed by atoms with Gasteiger partial charge in [-0.25, -0.2) is 4.79 Å². The van der Waals surface area contributed by atoms with Crippen molar-refractivity contribution in [1.82, 2.24) is 9.80 Å². The molecule has 1 aliphatic heterocycles. The zero-order valence-corrected chi connectivity index (χ0v) is 8.17. The zero-order valence-electron chi connectivity index (χ0n) is 8.17. The van der Waals surface area contributed by atoms with Gasteiger partial charge >= 0.3 is 6.09 Å². The summed E-state index contributed by atoms with van der Waals surface area (Å²) in [5.74, 6) is -0.288. The van der Waals surface area contributed by atoms with E-state index in [0.29, 0.717) is 0 Å². The van der Waals surface area contributed by atoms with Gasteiger partial charge < -0.3 is 15.1 Å². The lowest BCUT2D eigenvalue weighted by molar-refractivity contribution is -0.132. The average Bonchev–Trinajstić information content (AvgIpc) is 2.45. The molecule has 0 bridgehead atoms. The van der Waals surface area contributed by atoms with Crippen molar-refractivity contribution < 1.29 is 19.8 Å². The lowest BCUT2D eigenvalue weighted by Crippen LogP contribution is -2.44. The molecule has 2 amide bonds. The van der Waals surface area contributed by atoms with Crippen molar-refractivity contribution in [2.45, 2.75) is 18.6 Å². The van der Waals surface area contributed by atoms with Crippen molar-refractivity contribution in [3.8, 4) is 0 Å². The first-order chi connectivity index (χ1) is 6.43. The number of likely N-dealkylation sites (N-methyl/N-ethyl adjacent to an activating group) is 1. The number of aliphatic hydroxyl groups excluding tert-OH is 1. The molecule has 0 aliphatic carbocycles. The summed E-state index contributed by atoms with van der Waals surface area (Å²) in [7, 11) is 3.13. The van der Waals surface area contributed by atoms with Crippen LogP contribution in [0.4, 0.5) is 4.79 Å². The first-order valence-corrected chi connectivity index (χ1v) is 4.32. The molecule has 0 radical (unpaired) electrons. The SMILES string of the molecule is CN(C)C(=O)C1C[C@@H](O)CN1C(=O)O. The van der Waals surface area contributed by atoms with E-state index in [1.54, 1.807) is 14.1 Å². The number of amides is 2. The van der Waals surface area contributed by atoms with Crippen molar-refractivity contribution in [3.63, 3.8) is 0 Å². The molecule has 1 fully saturated rings. The summed E-state index contributed by atoms with van der Waals surface area (Å²) in [5, 5.41) is 18.1. The molecule has 0 saturated carbocycles. The van der Waals surface area contributed by atoms with E-state index in [2.05, 4.69) is 0 Å². The standard InChI is InChI=1S/C8H14N2O4/c1-9(2)7(12)6-3-5(11)4-10(6)8(13)14/h5-6,11H,3-4H2,1-2H3,(H,13,14)/t5-,6?/m1/s1. The third-order valence-corrected chi connectivity index (χ3v) is 2.25. The van der Waals surface area contributed by atoms with Crippen LogP contribution in [0.5, 0.6) is 0 Å². The van der Waals surface area contributed by atoms with Gasteiger partial charge in [-0.2, -0.15) is 0 Å². The molecule has 6 heteroatoms. The smallest absolute Gasteiger partial charge is 0.408 e. The van der Waals surface area contributed by atoms with Crippen LogP contribution in [-0.4, -0.2) is 64.8 Å². The van der Waals surface area contributed by atoms with Crippen LogP contribution in [0.25, 0.3) is 0 Å². The molecule has 1 heterocycles. The van der Waals surface area contributed by atoms with Gasteiger partial charge in [0.05, 0.1) is 12.6 Å². The average molecular weight is 202 g/mol. The Labute approximate surface area is 81.7 Å². The molecule has 0 aromatic carbocycles. The van der Waals surface area contributed by atoms with E-state index in [-0.39, 0.29) is 18.9 Å². The van der Waals surface area contributed by atoms with Crippen molar-refractivity contribution >= 4 is 12.0 Å². The number of aliphatic hydroxyl groups is 1. The van der Waals surface area contributed by atoms with E-state index in [9.17, 15) is 14.7 Å². The third-order valence-electron chi connectivity index (χ3n) is 2.25. The minimum Gasteiger partial charge on any atom is -0.465 e. The van der Waals surface area contributed by atoms with Gasteiger partial charge in [0.2, 0.25) is 5.91 Å². The highest BCUT2D eigenvalue weighted by Gasteiger charge is 2.39. The molecule has 1 rings (SSSR count). The van der Waals surface area contributed by atoms with Crippen molar-refractivity contribution in [3.05, 3.63) is 0 Å². The second-order valence-corrected chi connectivity index (χ2v) is 3.57. The van der Waals surface area contributed by atoms with Gasteiger partial charge in [0.1, 0.15) is 6.04 Å². The third kappa shape index (κ3) is 1.95. The minimum atomic E-state index is -1.17. The maximum absolute atomic E-state index is 11.5. The monoisotopic (exact) mass is 202 g/mol. The predicted molar refractivity (Wildman–Crippen MR) is 47.8 cm³/mol. The molecule has 14 heavy (non-hydrogen) atoms. The number of carbonyl (C=O) groups excluding carboxylic acids is 1. The van der Waals surface area contributed by atoms with Gasteiger partial charge in [-0.15, -0.1) is 0 Å². The molecular weight excluding hydrogens is 188 g/mol. The van der Waals surface area contributed by atoms with E-state index >= 15 is 0 Å². The van der Waals surface area contributed by atoms with Gasteiger partial charge in [-0.05, 0) is 0 Å². The zero-order chi connectivity index (χ0) is 10.9. The Hall–Kier alpha value is -1.30. The Morgan fingerprint density at radius 3 is 2.43 bits per heavy atom. The Morgan fingerprint density at radius 2 is 2.00 bits per heavy atom. The number of rotatable bonds is 1. The normalized spacial score (nSPS) is 26.4. The maximum Gasteiger partial charge on any atom is 0.408 e. The number of carboxylic acid groups (broad SMARTS) is 1. The lowest BCUT2D eigenvalue weighted by atomic mass is 10.2. The van der Waals surface area contributed by atoms with Gasteiger partial charge in [-0.3, -0.25) is 9.69 Å². The quantitative estimate of drug-likeness (QED) is 0.582. The number of hydrogen-bond acceptors (Lipinski definition) is 3. The van der Waals surface area contributed by atoms with Crippen molar-refractivity contribution in [1.29, 1.82) is 0 Å². The van der Waals surface area contributed by atoms with Crippen LogP contribution < -0.4 is 0 Å². The van der Waals surface area contributed by atoms with Crippen LogP contribution >= 0.6 is 0 Å². The van der Waals surface area contributed by atoms with Crippen LogP contribution in [0.15, 0.2) is 0 Å². The summed E-state index contributed by atoms with van der Waals surface area (Å²) in [5.41, 5.74) is 0. The first-order valence-electron chi connectivity index (χ1n) is 4.32. The molecule has 0 spiro atoms. The van der Waals surface area contributed by atoms with Crippen LogP contribution in [0.3, 0.4) is 0 Å².